The highest BCUT2D eigenvalue weighted by molar-refractivity contribution is 14.1. The van der Waals surface area contributed by atoms with Gasteiger partial charge in [0.1, 0.15) is 11.3 Å². The molecule has 0 spiro atoms. The fraction of sp³-hybridized carbons (Fsp3) is 0.733. The van der Waals surface area contributed by atoms with Crippen molar-refractivity contribution in [2.45, 2.75) is 58.0 Å². The van der Waals surface area contributed by atoms with Crippen LogP contribution in [-0.4, -0.2) is 17.1 Å². The molecule has 1 aromatic rings. The van der Waals surface area contributed by atoms with Gasteiger partial charge in [-0.3, -0.25) is 0 Å². The van der Waals surface area contributed by atoms with Gasteiger partial charge in [0.05, 0.1) is 9.26 Å². The van der Waals surface area contributed by atoms with Gasteiger partial charge in [-0.25, -0.2) is 9.97 Å². The smallest absolute Gasteiger partial charge is 0.159 e. The van der Waals surface area contributed by atoms with Gasteiger partial charge in [-0.1, -0.05) is 44.7 Å². The van der Waals surface area contributed by atoms with Gasteiger partial charge < -0.3 is 4.74 Å². The van der Waals surface area contributed by atoms with Gasteiger partial charge in [-0.2, -0.15) is 0 Å². The summed E-state index contributed by atoms with van der Waals surface area (Å²) in [5, 5.41) is 0.553. The highest BCUT2D eigenvalue weighted by Gasteiger charge is 2.28. The van der Waals surface area contributed by atoms with E-state index in [1.54, 1.807) is 7.11 Å². The Hall–Kier alpha value is 0.0600. The normalized spacial score (nSPS) is 18.5. The molecule has 1 unspecified atom stereocenters. The molecule has 1 atom stereocenters. The maximum Gasteiger partial charge on any atom is 0.159 e. The molecule has 3 nitrogen and oxygen atoms in total. The first-order chi connectivity index (χ1) is 9.54. The molecule has 0 N–H and O–H groups in total. The molecule has 2 rings (SSSR count). The van der Waals surface area contributed by atoms with E-state index < -0.39 is 0 Å². The minimum atomic E-state index is -0.0256. The third-order valence-corrected chi connectivity index (χ3v) is 5.64. The van der Waals surface area contributed by atoms with Gasteiger partial charge in [0.2, 0.25) is 0 Å². The molecule has 1 fully saturated rings. The minimum absolute atomic E-state index is 0.0256. The summed E-state index contributed by atoms with van der Waals surface area (Å²) < 4.78 is 6.68. The molecule has 0 aromatic carbocycles. The fourth-order valence-corrected chi connectivity index (χ4v) is 3.96. The molecule has 0 amide bonds. The van der Waals surface area contributed by atoms with E-state index in [4.69, 9.17) is 21.3 Å². The molecule has 1 saturated carbocycles. The molecule has 5 heteroatoms. The lowest BCUT2D eigenvalue weighted by molar-refractivity contribution is 0.0287. The summed E-state index contributed by atoms with van der Waals surface area (Å²) in [7, 11) is 1.75. The van der Waals surface area contributed by atoms with Gasteiger partial charge in [0, 0.05) is 7.11 Å². The van der Waals surface area contributed by atoms with Crippen molar-refractivity contribution in [1.29, 1.82) is 0 Å². The average Bonchev–Trinajstić information content (AvgIpc) is 2.44. The number of hydrogen-bond donors (Lipinski definition) is 0. The molecule has 1 heterocycles. The summed E-state index contributed by atoms with van der Waals surface area (Å²) in [5.74, 6) is 1.61. The van der Waals surface area contributed by atoms with E-state index in [0.717, 1.165) is 15.1 Å². The Kier molecular flexibility index (Phi) is 6.05. The number of aromatic nitrogens is 2. The molecular weight excluding hydrogens is 387 g/mol. The maximum absolute atomic E-state index is 6.29. The predicted molar refractivity (Wildman–Crippen MR) is 90.2 cm³/mol. The summed E-state index contributed by atoms with van der Waals surface area (Å²) in [5.41, 5.74) is 1.03. The second-order valence-corrected chi connectivity index (χ2v) is 7.22. The van der Waals surface area contributed by atoms with Crippen LogP contribution in [0.25, 0.3) is 0 Å². The second-order valence-electron chi connectivity index (χ2n) is 5.78. The lowest BCUT2D eigenvalue weighted by atomic mass is 9.85. The van der Waals surface area contributed by atoms with E-state index in [1.165, 1.54) is 32.1 Å². The summed E-state index contributed by atoms with van der Waals surface area (Å²) in [6.45, 7) is 4.26. The first-order valence-electron chi connectivity index (χ1n) is 7.30. The van der Waals surface area contributed by atoms with Crippen LogP contribution in [0.4, 0.5) is 0 Å². The van der Waals surface area contributed by atoms with E-state index in [9.17, 15) is 0 Å². The van der Waals surface area contributed by atoms with E-state index in [1.807, 2.05) is 0 Å². The van der Waals surface area contributed by atoms with Gasteiger partial charge in [0.15, 0.2) is 5.82 Å². The number of halogens is 2. The third-order valence-electron chi connectivity index (χ3n) is 3.99. The number of ether oxygens (including phenoxy) is 1. The molecule has 1 aliphatic carbocycles. The first kappa shape index (κ1) is 16.4. The van der Waals surface area contributed by atoms with Crippen LogP contribution in [-0.2, 0) is 4.74 Å². The van der Waals surface area contributed by atoms with Crippen molar-refractivity contribution in [1.82, 2.24) is 9.97 Å². The fourth-order valence-electron chi connectivity index (χ4n) is 2.91. The van der Waals surface area contributed by atoms with Gasteiger partial charge in [-0.15, -0.1) is 0 Å². The van der Waals surface area contributed by atoms with E-state index in [-0.39, 0.29) is 6.10 Å². The average molecular weight is 409 g/mol. The number of methoxy groups -OCH3 is 1. The van der Waals surface area contributed by atoms with Crippen LogP contribution in [0, 0.1) is 9.49 Å². The molecule has 0 saturated heterocycles. The number of nitrogens with zero attached hydrogens (tertiary/aromatic N) is 2. The van der Waals surface area contributed by atoms with Crippen LogP contribution < -0.4 is 0 Å². The van der Waals surface area contributed by atoms with E-state index in [2.05, 4.69) is 41.4 Å². The minimum Gasteiger partial charge on any atom is -0.373 e. The summed E-state index contributed by atoms with van der Waals surface area (Å²) in [6, 6.07) is 0. The summed E-state index contributed by atoms with van der Waals surface area (Å²) in [4.78, 5) is 9.23. The van der Waals surface area contributed by atoms with Gasteiger partial charge in [0.25, 0.3) is 0 Å². The maximum atomic E-state index is 6.29. The van der Waals surface area contributed by atoms with Crippen molar-refractivity contribution in [3.63, 3.8) is 0 Å². The van der Waals surface area contributed by atoms with E-state index in [0.29, 0.717) is 17.0 Å². The predicted octanol–water partition coefficient (Wildman–Crippen LogP) is 5.13. The zero-order valence-corrected chi connectivity index (χ0v) is 15.2. The molecule has 1 aromatic heterocycles. The van der Waals surface area contributed by atoms with Crippen molar-refractivity contribution in [2.24, 2.45) is 5.92 Å². The Balaban J connectivity index is 2.33. The Labute approximate surface area is 140 Å². The Morgan fingerprint density at radius 1 is 1.20 bits per heavy atom. The van der Waals surface area contributed by atoms with Gasteiger partial charge >= 0.3 is 0 Å². The number of rotatable bonds is 4. The molecule has 1 aliphatic rings. The van der Waals surface area contributed by atoms with Crippen molar-refractivity contribution in [2.75, 3.05) is 7.11 Å². The van der Waals surface area contributed by atoms with Crippen LogP contribution in [0.3, 0.4) is 0 Å². The quantitative estimate of drug-likeness (QED) is 0.512. The zero-order chi connectivity index (χ0) is 14.7. The van der Waals surface area contributed by atoms with Crippen molar-refractivity contribution in [3.05, 3.63) is 20.2 Å². The third kappa shape index (κ3) is 3.63. The lowest BCUT2D eigenvalue weighted by Crippen LogP contribution is -2.21. The van der Waals surface area contributed by atoms with E-state index >= 15 is 0 Å². The van der Waals surface area contributed by atoms with Crippen LogP contribution in [0.2, 0.25) is 5.15 Å². The largest absolute Gasteiger partial charge is 0.373 e. The van der Waals surface area contributed by atoms with Crippen LogP contribution >= 0.6 is 34.2 Å². The topological polar surface area (TPSA) is 35.0 Å². The van der Waals surface area contributed by atoms with Crippen molar-refractivity contribution in [3.8, 4) is 0 Å². The monoisotopic (exact) mass is 408 g/mol. The molecule has 0 aliphatic heterocycles. The highest BCUT2D eigenvalue weighted by atomic mass is 127. The van der Waals surface area contributed by atoms with Crippen LogP contribution in [0.15, 0.2) is 0 Å². The zero-order valence-electron chi connectivity index (χ0n) is 12.3. The molecule has 0 radical (unpaired) electrons. The van der Waals surface area contributed by atoms with Gasteiger partial charge in [-0.05, 0) is 47.3 Å². The van der Waals surface area contributed by atoms with Crippen molar-refractivity contribution < 1.29 is 4.74 Å². The van der Waals surface area contributed by atoms with Crippen molar-refractivity contribution >= 4 is 34.2 Å². The standard InChI is InChI=1S/C15H22ClIN2O/c1-9(2)12-11(17)14(16)19-15(18-12)13(20-3)10-7-5-4-6-8-10/h9-10,13H,4-8H2,1-3H3. The summed E-state index contributed by atoms with van der Waals surface area (Å²) >= 11 is 8.52. The number of hydrogen-bond acceptors (Lipinski definition) is 3. The highest BCUT2D eigenvalue weighted by Crippen LogP contribution is 2.36. The lowest BCUT2D eigenvalue weighted by Gasteiger charge is -2.28. The van der Waals surface area contributed by atoms with Crippen LogP contribution in [0.5, 0.6) is 0 Å². The molecule has 0 bridgehead atoms. The van der Waals surface area contributed by atoms with Crippen LogP contribution in [0.1, 0.15) is 69.5 Å². The second kappa shape index (κ2) is 7.36. The Bertz CT molecular complexity index is 461. The SMILES string of the molecule is COC(c1nc(Cl)c(I)c(C(C)C)n1)C1CCCCC1. The Morgan fingerprint density at radius 2 is 1.85 bits per heavy atom. The summed E-state index contributed by atoms with van der Waals surface area (Å²) in [6.07, 6.45) is 6.25. The molecule has 20 heavy (non-hydrogen) atoms. The molecular formula is C15H22ClIN2O. The first-order valence-corrected chi connectivity index (χ1v) is 8.75. The molecule has 112 valence electrons. The Morgan fingerprint density at radius 3 is 2.40 bits per heavy atom.